The maximum atomic E-state index is 13.6. The van der Waals surface area contributed by atoms with E-state index in [1.807, 2.05) is 76.2 Å². The van der Waals surface area contributed by atoms with Gasteiger partial charge in [0.2, 0.25) is 5.91 Å². The van der Waals surface area contributed by atoms with Crippen LogP contribution in [0.5, 0.6) is 5.75 Å². The Bertz CT molecular complexity index is 1150. The number of nitrogens with zero attached hydrogens (tertiary/aromatic N) is 1. The van der Waals surface area contributed by atoms with Gasteiger partial charge in [0.05, 0.1) is 0 Å². The van der Waals surface area contributed by atoms with E-state index in [0.29, 0.717) is 12.2 Å². The van der Waals surface area contributed by atoms with Gasteiger partial charge in [0.1, 0.15) is 17.6 Å². The third-order valence-electron chi connectivity index (χ3n) is 6.23. The van der Waals surface area contributed by atoms with Crippen molar-refractivity contribution in [3.05, 3.63) is 101 Å². The minimum Gasteiger partial charge on any atom is -0.483 e. The molecule has 2 atom stereocenters. The molecule has 0 heterocycles. The molecular weight excluding hydrogens is 455 g/mol. The average molecular weight is 491 g/mol. The third-order valence-corrected chi connectivity index (χ3v) is 6.23. The second-order valence-electron chi connectivity index (χ2n) is 9.23. The van der Waals surface area contributed by atoms with Crippen molar-refractivity contribution in [3.8, 4) is 5.75 Å². The molecule has 0 radical (unpaired) electrons. The van der Waals surface area contributed by atoms with Gasteiger partial charge >= 0.3 is 0 Å². The van der Waals surface area contributed by atoms with Crippen molar-refractivity contribution < 1.29 is 18.7 Å². The van der Waals surface area contributed by atoms with Gasteiger partial charge in [-0.25, -0.2) is 4.39 Å². The molecule has 5 nitrogen and oxygen atoms in total. The van der Waals surface area contributed by atoms with Crippen molar-refractivity contribution in [2.24, 2.45) is 0 Å². The van der Waals surface area contributed by atoms with E-state index >= 15 is 0 Å². The summed E-state index contributed by atoms with van der Waals surface area (Å²) in [4.78, 5) is 28.6. The molecule has 0 fully saturated rings. The van der Waals surface area contributed by atoms with Crippen LogP contribution in [0.2, 0.25) is 0 Å². The number of ether oxygens (including phenoxy) is 1. The van der Waals surface area contributed by atoms with E-state index in [4.69, 9.17) is 4.74 Å². The molecule has 0 spiro atoms. The standard InChI is InChI=1S/C30H35FN2O3/c1-5-23(4)32-30(35)27(18-24-9-7-6-8-10-24)33(19-25-13-15-26(31)16-14-25)29(34)20-36-28-17-21(2)11-12-22(28)3/h6-17,23,27H,5,18-20H2,1-4H3,(H,32,35)/t23-,27+/m1/s1. The van der Waals surface area contributed by atoms with Crippen LogP contribution in [0.15, 0.2) is 72.8 Å². The molecule has 3 aromatic carbocycles. The van der Waals surface area contributed by atoms with Crippen LogP contribution >= 0.6 is 0 Å². The molecule has 0 aliphatic carbocycles. The van der Waals surface area contributed by atoms with Gasteiger partial charge < -0.3 is 15.0 Å². The fourth-order valence-electron chi connectivity index (χ4n) is 3.87. The summed E-state index contributed by atoms with van der Waals surface area (Å²) < 4.78 is 19.5. The van der Waals surface area contributed by atoms with Gasteiger partial charge in [-0.2, -0.15) is 0 Å². The molecule has 3 aromatic rings. The van der Waals surface area contributed by atoms with Crippen LogP contribution in [-0.2, 0) is 22.6 Å². The first-order valence-electron chi connectivity index (χ1n) is 12.3. The van der Waals surface area contributed by atoms with Crippen molar-refractivity contribution in [2.75, 3.05) is 6.61 Å². The van der Waals surface area contributed by atoms with E-state index in [9.17, 15) is 14.0 Å². The smallest absolute Gasteiger partial charge is 0.261 e. The first-order chi connectivity index (χ1) is 17.3. The van der Waals surface area contributed by atoms with Crippen LogP contribution in [0.3, 0.4) is 0 Å². The summed E-state index contributed by atoms with van der Waals surface area (Å²) in [5.41, 5.74) is 3.62. The summed E-state index contributed by atoms with van der Waals surface area (Å²) in [6, 6.07) is 20.6. The number of hydrogen-bond donors (Lipinski definition) is 1. The van der Waals surface area contributed by atoms with Crippen LogP contribution in [-0.4, -0.2) is 35.4 Å². The highest BCUT2D eigenvalue weighted by Crippen LogP contribution is 2.20. The average Bonchev–Trinajstić information content (AvgIpc) is 2.88. The van der Waals surface area contributed by atoms with Gasteiger partial charge in [-0.3, -0.25) is 9.59 Å². The van der Waals surface area contributed by atoms with Gasteiger partial charge in [0.15, 0.2) is 6.61 Å². The Morgan fingerprint density at radius 2 is 1.67 bits per heavy atom. The Hall–Kier alpha value is -3.67. The number of nitrogens with one attached hydrogen (secondary N) is 1. The molecule has 2 amide bonds. The van der Waals surface area contributed by atoms with E-state index in [1.54, 1.807) is 17.0 Å². The summed E-state index contributed by atoms with van der Waals surface area (Å²) in [6.45, 7) is 7.76. The maximum Gasteiger partial charge on any atom is 0.261 e. The lowest BCUT2D eigenvalue weighted by Crippen LogP contribution is -2.53. The number of rotatable bonds is 11. The Balaban J connectivity index is 1.92. The van der Waals surface area contributed by atoms with Crippen LogP contribution in [0, 0.1) is 19.7 Å². The van der Waals surface area contributed by atoms with Gasteiger partial charge in [0.25, 0.3) is 5.91 Å². The van der Waals surface area contributed by atoms with Crippen molar-refractivity contribution >= 4 is 11.8 Å². The predicted molar refractivity (Wildman–Crippen MR) is 140 cm³/mol. The number of amides is 2. The Kier molecular flexibility index (Phi) is 9.62. The summed E-state index contributed by atoms with van der Waals surface area (Å²) in [7, 11) is 0. The highest BCUT2D eigenvalue weighted by atomic mass is 19.1. The highest BCUT2D eigenvalue weighted by Gasteiger charge is 2.31. The molecule has 1 N–H and O–H groups in total. The van der Waals surface area contributed by atoms with Crippen LogP contribution in [0.25, 0.3) is 0 Å². The number of halogens is 1. The number of benzene rings is 3. The molecule has 0 aliphatic heterocycles. The van der Waals surface area contributed by atoms with E-state index in [1.165, 1.54) is 12.1 Å². The van der Waals surface area contributed by atoms with E-state index in [-0.39, 0.29) is 36.8 Å². The molecule has 190 valence electrons. The summed E-state index contributed by atoms with van der Waals surface area (Å²) in [5.74, 6) is -0.269. The maximum absolute atomic E-state index is 13.6. The number of carbonyl (C=O) groups excluding carboxylic acids is 2. The third kappa shape index (κ3) is 7.67. The molecule has 36 heavy (non-hydrogen) atoms. The second kappa shape index (κ2) is 12.9. The van der Waals surface area contributed by atoms with Crippen LogP contribution < -0.4 is 10.1 Å². The van der Waals surface area contributed by atoms with Crippen LogP contribution in [0.1, 0.15) is 42.5 Å². The topological polar surface area (TPSA) is 58.6 Å². The first-order valence-corrected chi connectivity index (χ1v) is 12.3. The van der Waals surface area contributed by atoms with Crippen LogP contribution in [0.4, 0.5) is 4.39 Å². The van der Waals surface area contributed by atoms with Gasteiger partial charge in [0, 0.05) is 19.0 Å². The van der Waals surface area contributed by atoms with Crippen molar-refractivity contribution in [1.29, 1.82) is 0 Å². The van der Waals surface area contributed by atoms with Gasteiger partial charge in [-0.15, -0.1) is 0 Å². The lowest BCUT2D eigenvalue weighted by molar-refractivity contribution is -0.143. The molecule has 0 aromatic heterocycles. The fourth-order valence-corrected chi connectivity index (χ4v) is 3.87. The van der Waals surface area contributed by atoms with E-state index in [2.05, 4.69) is 5.32 Å². The molecule has 0 saturated carbocycles. The SMILES string of the molecule is CC[C@@H](C)NC(=O)[C@H](Cc1ccccc1)N(Cc1ccc(F)cc1)C(=O)COc1cc(C)ccc1C. The lowest BCUT2D eigenvalue weighted by Gasteiger charge is -2.32. The monoisotopic (exact) mass is 490 g/mol. The zero-order valence-electron chi connectivity index (χ0n) is 21.5. The number of hydrogen-bond acceptors (Lipinski definition) is 3. The summed E-state index contributed by atoms with van der Waals surface area (Å²) in [5, 5.41) is 3.04. The van der Waals surface area contributed by atoms with Gasteiger partial charge in [-0.05, 0) is 67.6 Å². The zero-order chi connectivity index (χ0) is 26.1. The molecule has 3 rings (SSSR count). The quantitative estimate of drug-likeness (QED) is 0.393. The van der Waals surface area contributed by atoms with E-state index < -0.39 is 6.04 Å². The fraction of sp³-hybridized carbons (Fsp3) is 0.333. The minimum atomic E-state index is -0.763. The molecule has 0 aliphatic rings. The molecular formula is C30H35FN2O3. The minimum absolute atomic E-state index is 0.0373. The Morgan fingerprint density at radius 3 is 2.33 bits per heavy atom. The molecule has 0 unspecified atom stereocenters. The summed E-state index contributed by atoms with van der Waals surface area (Å²) in [6.07, 6.45) is 1.12. The molecule has 0 bridgehead atoms. The predicted octanol–water partition coefficient (Wildman–Crippen LogP) is 5.38. The normalized spacial score (nSPS) is 12.5. The van der Waals surface area contributed by atoms with Crippen molar-refractivity contribution in [2.45, 2.75) is 59.2 Å². The molecule has 6 heteroatoms. The second-order valence-corrected chi connectivity index (χ2v) is 9.23. The lowest BCUT2D eigenvalue weighted by atomic mass is 10.0. The van der Waals surface area contributed by atoms with Gasteiger partial charge in [-0.1, -0.05) is 61.5 Å². The zero-order valence-corrected chi connectivity index (χ0v) is 21.5. The van der Waals surface area contributed by atoms with E-state index in [0.717, 1.165) is 28.7 Å². The summed E-state index contributed by atoms with van der Waals surface area (Å²) >= 11 is 0. The Labute approximate surface area is 213 Å². The van der Waals surface area contributed by atoms with Crippen molar-refractivity contribution in [1.82, 2.24) is 10.2 Å². The highest BCUT2D eigenvalue weighted by molar-refractivity contribution is 5.88. The van der Waals surface area contributed by atoms with Crippen molar-refractivity contribution in [3.63, 3.8) is 0 Å². The number of carbonyl (C=O) groups is 2. The number of aryl methyl sites for hydroxylation is 2. The largest absolute Gasteiger partial charge is 0.483 e. The first kappa shape index (κ1) is 26.9. The molecule has 0 saturated heterocycles. The Morgan fingerprint density at radius 1 is 0.972 bits per heavy atom.